The molecule has 0 aliphatic rings. The lowest BCUT2D eigenvalue weighted by molar-refractivity contribution is 0.0945. The van der Waals surface area contributed by atoms with Gasteiger partial charge in [-0.05, 0) is 77.0 Å². The Morgan fingerprint density at radius 2 is 0.744 bits per heavy atom. The van der Waals surface area contributed by atoms with Gasteiger partial charge in [-0.3, -0.25) is 9.59 Å². The summed E-state index contributed by atoms with van der Waals surface area (Å²) in [6.45, 7) is 27.4. The molecule has 0 atom stereocenters. The quantitative estimate of drug-likeness (QED) is 0.302. The monoisotopic (exact) mass is 586 g/mol. The summed E-state index contributed by atoms with van der Waals surface area (Å²) < 4.78 is 0. The van der Waals surface area contributed by atoms with Crippen molar-refractivity contribution in [3.8, 4) is 0 Å². The third-order valence-corrected chi connectivity index (χ3v) is 7.01. The standard InChI is InChI=1S/2C14H21NO.C11H16/c2*1-5-10-15-13(16)11-6-8-12(9-7-11)14(2,3)4;1-9-5-7-10(8-6-9)11(2,3)4/h2*6-9H,5,10H2,1-4H3,(H,15,16);5-8H,1-4H3. The van der Waals surface area contributed by atoms with E-state index >= 15 is 0 Å². The van der Waals surface area contributed by atoms with E-state index in [1.807, 2.05) is 62.4 Å². The summed E-state index contributed by atoms with van der Waals surface area (Å²) >= 11 is 0. The van der Waals surface area contributed by atoms with Crippen molar-refractivity contribution in [2.45, 2.75) is 112 Å². The highest BCUT2D eigenvalue weighted by atomic mass is 16.2. The summed E-state index contributed by atoms with van der Waals surface area (Å²) in [6, 6.07) is 24.4. The molecule has 43 heavy (non-hydrogen) atoms. The van der Waals surface area contributed by atoms with Crippen LogP contribution in [0.1, 0.15) is 132 Å². The van der Waals surface area contributed by atoms with Gasteiger partial charge in [0.05, 0.1) is 0 Å². The second kappa shape index (κ2) is 17.0. The Kier molecular flexibility index (Phi) is 14.9. The first-order chi connectivity index (χ1) is 19.9. The molecular formula is C39H58N2O2. The fourth-order valence-electron chi connectivity index (χ4n) is 3.98. The molecule has 0 aromatic heterocycles. The van der Waals surface area contributed by atoms with E-state index in [9.17, 15) is 9.59 Å². The van der Waals surface area contributed by atoms with E-state index in [2.05, 4.69) is 104 Å². The molecule has 0 radical (unpaired) electrons. The van der Waals surface area contributed by atoms with Crippen LogP contribution in [-0.4, -0.2) is 24.9 Å². The maximum Gasteiger partial charge on any atom is 0.251 e. The van der Waals surface area contributed by atoms with Crippen molar-refractivity contribution >= 4 is 11.8 Å². The van der Waals surface area contributed by atoms with Gasteiger partial charge in [0.1, 0.15) is 0 Å². The average molecular weight is 587 g/mol. The Balaban J connectivity index is 0.000000329. The van der Waals surface area contributed by atoms with Gasteiger partial charge in [-0.25, -0.2) is 0 Å². The summed E-state index contributed by atoms with van der Waals surface area (Å²) in [5, 5.41) is 5.74. The highest BCUT2D eigenvalue weighted by Gasteiger charge is 2.15. The predicted octanol–water partition coefficient (Wildman–Crippen LogP) is 9.54. The first kappa shape index (κ1) is 37.6. The molecule has 3 aromatic rings. The van der Waals surface area contributed by atoms with Crippen LogP contribution < -0.4 is 10.6 Å². The number of hydrogen-bond donors (Lipinski definition) is 2. The molecule has 0 unspecified atom stereocenters. The minimum absolute atomic E-state index is 0.0160. The van der Waals surface area contributed by atoms with Crippen LogP contribution >= 0.6 is 0 Å². The van der Waals surface area contributed by atoms with E-state index in [1.54, 1.807) is 0 Å². The number of carbonyl (C=O) groups is 2. The lowest BCUT2D eigenvalue weighted by Crippen LogP contribution is -2.24. The van der Waals surface area contributed by atoms with Gasteiger partial charge >= 0.3 is 0 Å². The Morgan fingerprint density at radius 1 is 0.488 bits per heavy atom. The van der Waals surface area contributed by atoms with Crippen LogP contribution in [0.2, 0.25) is 0 Å². The van der Waals surface area contributed by atoms with Crippen LogP contribution in [0, 0.1) is 6.92 Å². The van der Waals surface area contributed by atoms with Gasteiger partial charge < -0.3 is 10.6 Å². The maximum absolute atomic E-state index is 11.7. The fraction of sp³-hybridized carbons (Fsp3) is 0.487. The van der Waals surface area contributed by atoms with Crippen LogP contribution in [0.5, 0.6) is 0 Å². The smallest absolute Gasteiger partial charge is 0.251 e. The van der Waals surface area contributed by atoms with E-state index in [0.29, 0.717) is 0 Å². The van der Waals surface area contributed by atoms with E-state index in [-0.39, 0.29) is 28.1 Å². The van der Waals surface area contributed by atoms with Crippen LogP contribution in [0.25, 0.3) is 0 Å². The van der Waals surface area contributed by atoms with Gasteiger partial charge in [0, 0.05) is 24.2 Å². The zero-order valence-electron chi connectivity index (χ0n) is 29.1. The zero-order valence-corrected chi connectivity index (χ0v) is 29.1. The second-order valence-corrected chi connectivity index (χ2v) is 14.3. The number of nitrogens with one attached hydrogen (secondary N) is 2. The molecule has 0 spiro atoms. The largest absolute Gasteiger partial charge is 0.352 e. The molecule has 2 N–H and O–H groups in total. The third kappa shape index (κ3) is 14.1. The summed E-state index contributed by atoms with van der Waals surface area (Å²) in [5.74, 6) is 0.0321. The number of hydrogen-bond acceptors (Lipinski definition) is 2. The molecule has 4 heteroatoms. The highest BCUT2D eigenvalue weighted by Crippen LogP contribution is 2.23. The van der Waals surface area contributed by atoms with Crippen molar-refractivity contribution in [1.29, 1.82) is 0 Å². The van der Waals surface area contributed by atoms with Gasteiger partial charge in [-0.1, -0.05) is 130 Å². The highest BCUT2D eigenvalue weighted by molar-refractivity contribution is 5.94. The van der Waals surface area contributed by atoms with E-state index in [1.165, 1.54) is 22.3 Å². The molecule has 0 fully saturated rings. The molecular weight excluding hydrogens is 528 g/mol. The van der Waals surface area contributed by atoms with Crippen molar-refractivity contribution in [2.75, 3.05) is 13.1 Å². The minimum atomic E-state index is 0.0160. The molecule has 0 saturated carbocycles. The fourth-order valence-corrected chi connectivity index (χ4v) is 3.98. The molecule has 0 saturated heterocycles. The van der Waals surface area contributed by atoms with Gasteiger partial charge in [0.2, 0.25) is 0 Å². The van der Waals surface area contributed by atoms with Gasteiger partial charge in [-0.15, -0.1) is 0 Å². The predicted molar refractivity (Wildman–Crippen MR) is 185 cm³/mol. The first-order valence-electron chi connectivity index (χ1n) is 15.7. The van der Waals surface area contributed by atoms with Crippen molar-refractivity contribution in [1.82, 2.24) is 10.6 Å². The third-order valence-electron chi connectivity index (χ3n) is 7.01. The summed E-state index contributed by atoms with van der Waals surface area (Å²) in [4.78, 5) is 23.3. The van der Waals surface area contributed by atoms with Crippen molar-refractivity contribution in [3.05, 3.63) is 106 Å². The van der Waals surface area contributed by atoms with Gasteiger partial charge in [0.15, 0.2) is 0 Å². The summed E-state index contributed by atoms with van der Waals surface area (Å²) in [6.07, 6.45) is 1.93. The summed E-state index contributed by atoms with van der Waals surface area (Å²) in [7, 11) is 0. The van der Waals surface area contributed by atoms with Crippen LogP contribution in [-0.2, 0) is 16.2 Å². The second-order valence-electron chi connectivity index (χ2n) is 14.3. The minimum Gasteiger partial charge on any atom is -0.352 e. The van der Waals surface area contributed by atoms with Crippen LogP contribution in [0.15, 0.2) is 72.8 Å². The summed E-state index contributed by atoms with van der Waals surface area (Å²) in [5.41, 5.74) is 7.27. The van der Waals surface area contributed by atoms with Gasteiger partial charge in [0.25, 0.3) is 11.8 Å². The Labute approximate surface area is 263 Å². The Hall–Kier alpha value is -3.40. The molecule has 236 valence electrons. The molecule has 3 aromatic carbocycles. The molecule has 3 rings (SSSR count). The number of benzene rings is 3. The number of rotatable bonds is 6. The van der Waals surface area contributed by atoms with E-state index in [0.717, 1.165) is 37.1 Å². The van der Waals surface area contributed by atoms with Crippen LogP contribution in [0.3, 0.4) is 0 Å². The van der Waals surface area contributed by atoms with Crippen LogP contribution in [0.4, 0.5) is 0 Å². The molecule has 0 heterocycles. The Morgan fingerprint density at radius 3 is 0.977 bits per heavy atom. The molecule has 0 aliphatic carbocycles. The van der Waals surface area contributed by atoms with Gasteiger partial charge in [-0.2, -0.15) is 0 Å². The maximum atomic E-state index is 11.7. The van der Waals surface area contributed by atoms with Crippen molar-refractivity contribution in [2.24, 2.45) is 0 Å². The lowest BCUT2D eigenvalue weighted by Gasteiger charge is -2.19. The topological polar surface area (TPSA) is 58.2 Å². The van der Waals surface area contributed by atoms with E-state index in [4.69, 9.17) is 0 Å². The molecule has 0 aliphatic heterocycles. The van der Waals surface area contributed by atoms with E-state index < -0.39 is 0 Å². The number of carbonyl (C=O) groups excluding carboxylic acids is 2. The zero-order chi connectivity index (χ0) is 32.8. The average Bonchev–Trinajstić information content (AvgIpc) is 2.94. The number of aryl methyl sites for hydroxylation is 1. The lowest BCUT2D eigenvalue weighted by atomic mass is 9.86. The molecule has 4 nitrogen and oxygen atoms in total. The van der Waals surface area contributed by atoms with Crippen molar-refractivity contribution < 1.29 is 9.59 Å². The normalized spacial score (nSPS) is 11.3. The molecule has 0 bridgehead atoms. The first-order valence-corrected chi connectivity index (χ1v) is 15.7. The molecule has 2 amide bonds. The SMILES string of the molecule is CCCNC(=O)c1ccc(C(C)(C)C)cc1.CCCNC(=O)c1ccc(C(C)(C)C)cc1.Cc1ccc(C(C)(C)C)cc1. The number of amides is 2. The van der Waals surface area contributed by atoms with Crippen molar-refractivity contribution in [3.63, 3.8) is 0 Å². The Bertz CT molecular complexity index is 1160.